The minimum atomic E-state index is -0.922. The molecular weight excluding hydrogens is 270 g/mol. The van der Waals surface area contributed by atoms with Crippen molar-refractivity contribution in [2.45, 2.75) is 20.0 Å². The van der Waals surface area contributed by atoms with Crippen LogP contribution >= 0.6 is 0 Å². The Bertz CT molecular complexity index is 626. The molecule has 0 fully saturated rings. The minimum Gasteiger partial charge on any atom is -0.449 e. The molecule has 1 atom stereocenters. The Balaban J connectivity index is 1.93. The fourth-order valence-corrected chi connectivity index (χ4v) is 1.54. The second kappa shape index (κ2) is 6.60. The van der Waals surface area contributed by atoms with Gasteiger partial charge in [0.05, 0.1) is 5.56 Å². The molecule has 0 radical (unpaired) electrons. The van der Waals surface area contributed by atoms with Crippen LogP contribution in [-0.4, -0.2) is 27.9 Å². The van der Waals surface area contributed by atoms with Gasteiger partial charge in [0.15, 0.2) is 6.10 Å². The molecular formula is C15H15N3O3. The lowest BCUT2D eigenvalue weighted by atomic mass is 10.2. The van der Waals surface area contributed by atoms with E-state index >= 15 is 0 Å². The summed E-state index contributed by atoms with van der Waals surface area (Å²) in [7, 11) is 0. The Morgan fingerprint density at radius 1 is 1.19 bits per heavy atom. The lowest BCUT2D eigenvalue weighted by molar-refractivity contribution is -0.123. The summed E-state index contributed by atoms with van der Waals surface area (Å²) in [5.74, 6) is -0.594. The summed E-state index contributed by atoms with van der Waals surface area (Å²) in [5, 5.41) is 2.59. The van der Waals surface area contributed by atoms with Crippen molar-refractivity contribution in [3.63, 3.8) is 0 Å². The van der Waals surface area contributed by atoms with Gasteiger partial charge >= 0.3 is 5.97 Å². The number of carbonyl (C=O) groups excluding carboxylic acids is 2. The van der Waals surface area contributed by atoms with Crippen molar-refractivity contribution in [1.82, 2.24) is 9.97 Å². The van der Waals surface area contributed by atoms with E-state index in [0.717, 1.165) is 5.56 Å². The van der Waals surface area contributed by atoms with E-state index in [4.69, 9.17) is 4.74 Å². The van der Waals surface area contributed by atoms with Gasteiger partial charge in [-0.1, -0.05) is 6.07 Å². The van der Waals surface area contributed by atoms with Crippen molar-refractivity contribution in [1.29, 1.82) is 0 Å². The van der Waals surface area contributed by atoms with Crippen LogP contribution in [0.15, 0.2) is 42.9 Å². The molecule has 2 aromatic rings. The molecule has 0 saturated heterocycles. The van der Waals surface area contributed by atoms with Gasteiger partial charge in [-0.15, -0.1) is 0 Å². The Kier molecular flexibility index (Phi) is 4.61. The molecule has 0 aliphatic heterocycles. The number of aryl methyl sites for hydroxylation is 1. The second-order valence-corrected chi connectivity index (χ2v) is 4.49. The third-order valence-corrected chi connectivity index (χ3v) is 2.73. The molecule has 1 amide bonds. The van der Waals surface area contributed by atoms with Crippen molar-refractivity contribution in [2.24, 2.45) is 0 Å². The number of carbonyl (C=O) groups is 2. The van der Waals surface area contributed by atoms with E-state index in [-0.39, 0.29) is 0 Å². The third kappa shape index (κ3) is 4.10. The predicted octanol–water partition coefficient (Wildman–Crippen LogP) is 1.97. The summed E-state index contributed by atoms with van der Waals surface area (Å²) in [4.78, 5) is 31.6. The van der Waals surface area contributed by atoms with E-state index in [1.165, 1.54) is 31.5 Å². The number of esters is 1. The molecule has 2 aromatic heterocycles. The molecule has 0 bridgehead atoms. The van der Waals surface area contributed by atoms with Crippen LogP contribution < -0.4 is 5.32 Å². The Morgan fingerprint density at radius 3 is 2.52 bits per heavy atom. The summed E-state index contributed by atoms with van der Waals surface area (Å²) in [6, 6.07) is 6.56. The van der Waals surface area contributed by atoms with Gasteiger partial charge in [-0.05, 0) is 37.6 Å². The average Bonchev–Trinajstić information content (AvgIpc) is 2.50. The van der Waals surface area contributed by atoms with Crippen LogP contribution in [0.4, 0.5) is 5.82 Å². The molecule has 6 nitrogen and oxygen atoms in total. The number of nitrogens with zero attached hydrogens (tertiary/aromatic N) is 2. The number of anilines is 1. The zero-order valence-corrected chi connectivity index (χ0v) is 11.7. The molecule has 2 heterocycles. The first-order valence-electron chi connectivity index (χ1n) is 6.41. The molecule has 1 unspecified atom stereocenters. The van der Waals surface area contributed by atoms with E-state index in [2.05, 4.69) is 15.3 Å². The van der Waals surface area contributed by atoms with E-state index in [1.54, 1.807) is 12.3 Å². The van der Waals surface area contributed by atoms with Crippen LogP contribution in [0.25, 0.3) is 0 Å². The first kappa shape index (κ1) is 14.6. The van der Waals surface area contributed by atoms with E-state index < -0.39 is 18.0 Å². The lowest BCUT2D eigenvalue weighted by Gasteiger charge is -2.13. The van der Waals surface area contributed by atoms with Gasteiger partial charge in [0.1, 0.15) is 5.82 Å². The standard InChI is InChI=1S/C15H15N3O3/c1-10-3-4-13(17-9-10)18-14(19)11(2)21-15(20)12-5-7-16-8-6-12/h3-9,11H,1-2H3,(H,17,18,19). The van der Waals surface area contributed by atoms with Gasteiger partial charge in [-0.3, -0.25) is 9.78 Å². The summed E-state index contributed by atoms with van der Waals surface area (Å²) in [6.45, 7) is 3.40. The highest BCUT2D eigenvalue weighted by Crippen LogP contribution is 2.07. The molecule has 6 heteroatoms. The molecule has 21 heavy (non-hydrogen) atoms. The maximum absolute atomic E-state index is 11.9. The summed E-state index contributed by atoms with van der Waals surface area (Å²) < 4.78 is 5.09. The molecule has 108 valence electrons. The highest BCUT2D eigenvalue weighted by atomic mass is 16.5. The maximum atomic E-state index is 11.9. The number of hydrogen-bond donors (Lipinski definition) is 1. The SMILES string of the molecule is Cc1ccc(NC(=O)C(C)OC(=O)c2ccncc2)nc1. The lowest BCUT2D eigenvalue weighted by Crippen LogP contribution is -2.30. The van der Waals surface area contributed by atoms with Gasteiger partial charge in [-0.2, -0.15) is 0 Å². The van der Waals surface area contributed by atoms with Crippen LogP contribution in [0.5, 0.6) is 0 Å². The quantitative estimate of drug-likeness (QED) is 0.868. The second-order valence-electron chi connectivity index (χ2n) is 4.49. The topological polar surface area (TPSA) is 81.2 Å². The number of amides is 1. The Hall–Kier alpha value is -2.76. The highest BCUT2D eigenvalue weighted by Gasteiger charge is 2.19. The van der Waals surface area contributed by atoms with Crippen molar-refractivity contribution in [3.05, 3.63) is 54.0 Å². The Morgan fingerprint density at radius 2 is 1.90 bits per heavy atom. The van der Waals surface area contributed by atoms with Gasteiger partial charge in [-0.25, -0.2) is 9.78 Å². The number of rotatable bonds is 4. The molecule has 0 saturated carbocycles. The van der Waals surface area contributed by atoms with Crippen molar-refractivity contribution in [2.75, 3.05) is 5.32 Å². The monoisotopic (exact) mass is 285 g/mol. The van der Waals surface area contributed by atoms with Crippen LogP contribution in [0.2, 0.25) is 0 Å². The normalized spacial score (nSPS) is 11.5. The van der Waals surface area contributed by atoms with Crippen molar-refractivity contribution in [3.8, 4) is 0 Å². The number of ether oxygens (including phenoxy) is 1. The van der Waals surface area contributed by atoms with Gasteiger partial charge in [0, 0.05) is 18.6 Å². The van der Waals surface area contributed by atoms with Crippen LogP contribution in [0.3, 0.4) is 0 Å². The van der Waals surface area contributed by atoms with E-state index in [9.17, 15) is 9.59 Å². The van der Waals surface area contributed by atoms with Crippen LogP contribution in [0.1, 0.15) is 22.8 Å². The Labute approximate surface area is 122 Å². The number of pyridine rings is 2. The maximum Gasteiger partial charge on any atom is 0.339 e. The van der Waals surface area contributed by atoms with Crippen LogP contribution in [-0.2, 0) is 9.53 Å². The fraction of sp³-hybridized carbons (Fsp3) is 0.200. The summed E-state index contributed by atoms with van der Waals surface area (Å²) in [6.07, 6.45) is 3.69. The van der Waals surface area contributed by atoms with Crippen molar-refractivity contribution >= 4 is 17.7 Å². The first-order valence-corrected chi connectivity index (χ1v) is 6.41. The minimum absolute atomic E-state index is 0.345. The highest BCUT2D eigenvalue weighted by molar-refractivity contribution is 5.96. The number of hydrogen-bond acceptors (Lipinski definition) is 5. The zero-order valence-electron chi connectivity index (χ0n) is 11.7. The molecule has 0 aliphatic rings. The molecule has 0 aromatic carbocycles. The average molecular weight is 285 g/mol. The summed E-state index contributed by atoms with van der Waals surface area (Å²) in [5.41, 5.74) is 1.34. The first-order chi connectivity index (χ1) is 10.1. The molecule has 0 aliphatic carbocycles. The largest absolute Gasteiger partial charge is 0.449 e. The van der Waals surface area contributed by atoms with E-state index in [1.807, 2.05) is 13.0 Å². The van der Waals surface area contributed by atoms with Gasteiger partial charge in [0.2, 0.25) is 0 Å². The van der Waals surface area contributed by atoms with Gasteiger partial charge < -0.3 is 10.1 Å². The third-order valence-electron chi connectivity index (χ3n) is 2.73. The fourth-order valence-electron chi connectivity index (χ4n) is 1.54. The van der Waals surface area contributed by atoms with Crippen molar-refractivity contribution < 1.29 is 14.3 Å². The van der Waals surface area contributed by atoms with Gasteiger partial charge in [0.25, 0.3) is 5.91 Å². The van der Waals surface area contributed by atoms with E-state index in [0.29, 0.717) is 11.4 Å². The smallest absolute Gasteiger partial charge is 0.339 e. The molecule has 2 rings (SSSR count). The predicted molar refractivity (Wildman–Crippen MR) is 76.7 cm³/mol. The zero-order chi connectivity index (χ0) is 15.2. The molecule has 0 spiro atoms. The van der Waals surface area contributed by atoms with Crippen LogP contribution in [0, 0.1) is 6.92 Å². The number of nitrogens with one attached hydrogen (secondary N) is 1. The number of aromatic nitrogens is 2. The summed E-state index contributed by atoms with van der Waals surface area (Å²) >= 11 is 0. The molecule has 1 N–H and O–H groups in total.